The van der Waals surface area contributed by atoms with Gasteiger partial charge in [0.15, 0.2) is 0 Å². The Morgan fingerprint density at radius 1 is 1.62 bits per heavy atom. The summed E-state index contributed by atoms with van der Waals surface area (Å²) in [6.45, 7) is 1.57. The monoisotopic (exact) mass is 216 g/mol. The van der Waals surface area contributed by atoms with E-state index in [0.29, 0.717) is 16.0 Å². The van der Waals surface area contributed by atoms with E-state index in [1.54, 1.807) is 24.0 Å². The largest absolute Gasteiger partial charge is 0.396 e. The van der Waals surface area contributed by atoms with Crippen LogP contribution in [0.5, 0.6) is 0 Å². The van der Waals surface area contributed by atoms with Gasteiger partial charge in [-0.1, -0.05) is 23.4 Å². The minimum atomic E-state index is 0.496. The van der Waals surface area contributed by atoms with E-state index < -0.39 is 0 Å². The summed E-state index contributed by atoms with van der Waals surface area (Å²) in [4.78, 5) is 4.15. The van der Waals surface area contributed by atoms with Gasteiger partial charge in [-0.3, -0.25) is 0 Å². The molecule has 1 fully saturated rings. The van der Waals surface area contributed by atoms with Crippen LogP contribution in [-0.2, 0) is 4.74 Å². The van der Waals surface area contributed by atoms with Gasteiger partial charge in [0, 0.05) is 6.20 Å². The molecule has 0 saturated carbocycles. The van der Waals surface area contributed by atoms with Crippen molar-refractivity contribution in [3.63, 3.8) is 0 Å². The van der Waals surface area contributed by atoms with Crippen molar-refractivity contribution in [1.82, 2.24) is 4.98 Å². The average Bonchev–Trinajstić information content (AvgIpc) is 1.99. The number of nitrogens with zero attached hydrogens (tertiary/aromatic N) is 1. The Balaban J connectivity index is 2.10. The maximum absolute atomic E-state index is 5.74. The van der Waals surface area contributed by atoms with Crippen molar-refractivity contribution in [1.29, 1.82) is 0 Å². The van der Waals surface area contributed by atoms with Crippen molar-refractivity contribution in [3.05, 3.63) is 17.3 Å². The topological polar surface area (TPSA) is 48.1 Å². The molecule has 2 N–H and O–H groups in total. The average molecular weight is 217 g/mol. The molecular formula is C8H9ClN2OS. The minimum Gasteiger partial charge on any atom is -0.396 e. The summed E-state index contributed by atoms with van der Waals surface area (Å²) in [6.07, 6.45) is 1.61. The maximum Gasteiger partial charge on any atom is 0.119 e. The standard InChI is InChI=1S/C8H9ClN2OS/c9-5-1-7(10)8(11-2-5)13-6-3-12-4-6/h1-2,6H,3-4,10H2. The summed E-state index contributed by atoms with van der Waals surface area (Å²) < 4.78 is 5.06. The van der Waals surface area contributed by atoms with Gasteiger partial charge in [-0.25, -0.2) is 4.98 Å². The van der Waals surface area contributed by atoms with E-state index >= 15 is 0 Å². The van der Waals surface area contributed by atoms with Crippen molar-refractivity contribution >= 4 is 29.1 Å². The molecule has 0 amide bonds. The van der Waals surface area contributed by atoms with Crippen LogP contribution in [0.25, 0.3) is 0 Å². The van der Waals surface area contributed by atoms with Crippen LogP contribution in [0.15, 0.2) is 17.3 Å². The van der Waals surface area contributed by atoms with E-state index in [1.807, 2.05) is 0 Å². The van der Waals surface area contributed by atoms with Crippen LogP contribution in [0.3, 0.4) is 0 Å². The quantitative estimate of drug-likeness (QED) is 0.819. The number of rotatable bonds is 2. The molecule has 1 aromatic heterocycles. The fourth-order valence-electron chi connectivity index (χ4n) is 0.981. The molecule has 1 aliphatic rings. The number of nitrogens with two attached hydrogens (primary N) is 1. The van der Waals surface area contributed by atoms with Gasteiger partial charge in [0.25, 0.3) is 0 Å². The molecule has 5 heteroatoms. The first-order chi connectivity index (χ1) is 6.25. The lowest BCUT2D eigenvalue weighted by atomic mass is 10.4. The molecule has 0 radical (unpaired) electrons. The zero-order chi connectivity index (χ0) is 9.26. The normalized spacial score (nSPS) is 17.0. The molecule has 2 rings (SSSR count). The number of ether oxygens (including phenoxy) is 1. The fraction of sp³-hybridized carbons (Fsp3) is 0.375. The van der Waals surface area contributed by atoms with Crippen LogP contribution in [-0.4, -0.2) is 23.4 Å². The van der Waals surface area contributed by atoms with Gasteiger partial charge in [-0.15, -0.1) is 0 Å². The molecule has 0 aromatic carbocycles. The minimum absolute atomic E-state index is 0.496. The van der Waals surface area contributed by atoms with Gasteiger partial charge in [-0.2, -0.15) is 0 Å². The number of anilines is 1. The van der Waals surface area contributed by atoms with Gasteiger partial charge in [0.05, 0.1) is 29.2 Å². The first-order valence-electron chi connectivity index (χ1n) is 3.91. The molecule has 1 aliphatic heterocycles. The number of thioether (sulfide) groups is 1. The number of hydrogen-bond acceptors (Lipinski definition) is 4. The van der Waals surface area contributed by atoms with Gasteiger partial charge >= 0.3 is 0 Å². The Bertz CT molecular complexity index is 317. The van der Waals surface area contributed by atoms with E-state index in [4.69, 9.17) is 22.1 Å². The zero-order valence-corrected chi connectivity index (χ0v) is 8.44. The Labute approximate surface area is 85.6 Å². The Morgan fingerprint density at radius 2 is 2.38 bits per heavy atom. The number of aromatic nitrogens is 1. The van der Waals surface area contributed by atoms with Crippen molar-refractivity contribution in [3.8, 4) is 0 Å². The lowest BCUT2D eigenvalue weighted by Gasteiger charge is -2.25. The molecule has 0 bridgehead atoms. The third kappa shape index (κ3) is 2.07. The summed E-state index contributed by atoms with van der Waals surface area (Å²) in [5.41, 5.74) is 6.38. The van der Waals surface area contributed by atoms with E-state index in [9.17, 15) is 0 Å². The first kappa shape index (κ1) is 9.12. The number of nitrogen functional groups attached to an aromatic ring is 1. The maximum atomic E-state index is 5.74. The van der Waals surface area contributed by atoms with E-state index in [-0.39, 0.29) is 0 Å². The van der Waals surface area contributed by atoms with Crippen molar-refractivity contribution in [2.75, 3.05) is 18.9 Å². The van der Waals surface area contributed by atoms with Crippen LogP contribution >= 0.6 is 23.4 Å². The molecule has 13 heavy (non-hydrogen) atoms. The molecule has 0 spiro atoms. The molecule has 1 saturated heterocycles. The summed E-state index contributed by atoms with van der Waals surface area (Å²) in [7, 11) is 0. The molecule has 0 aliphatic carbocycles. The first-order valence-corrected chi connectivity index (χ1v) is 5.17. The lowest BCUT2D eigenvalue weighted by molar-refractivity contribution is 0.0455. The zero-order valence-electron chi connectivity index (χ0n) is 6.87. The van der Waals surface area contributed by atoms with Crippen LogP contribution in [0, 0.1) is 0 Å². The SMILES string of the molecule is Nc1cc(Cl)cnc1SC1COC1. The summed E-state index contributed by atoms with van der Waals surface area (Å²) >= 11 is 7.37. The van der Waals surface area contributed by atoms with Crippen molar-refractivity contribution in [2.24, 2.45) is 0 Å². The van der Waals surface area contributed by atoms with Gasteiger partial charge in [0.2, 0.25) is 0 Å². The highest BCUT2D eigenvalue weighted by molar-refractivity contribution is 8.00. The van der Waals surface area contributed by atoms with Crippen LogP contribution in [0.4, 0.5) is 5.69 Å². The molecule has 2 heterocycles. The summed E-state index contributed by atoms with van der Waals surface area (Å²) in [5.74, 6) is 0. The molecule has 1 aromatic rings. The summed E-state index contributed by atoms with van der Waals surface area (Å²) in [5, 5.41) is 1.92. The predicted octanol–water partition coefficient (Wildman–Crippen LogP) is 1.81. The van der Waals surface area contributed by atoms with Gasteiger partial charge < -0.3 is 10.5 Å². The molecule has 0 atom stereocenters. The highest BCUT2D eigenvalue weighted by atomic mass is 35.5. The van der Waals surface area contributed by atoms with Crippen molar-refractivity contribution in [2.45, 2.75) is 10.3 Å². The predicted molar refractivity (Wildman–Crippen MR) is 54.1 cm³/mol. The second-order valence-electron chi connectivity index (χ2n) is 2.83. The highest BCUT2D eigenvalue weighted by Gasteiger charge is 2.21. The third-order valence-corrected chi connectivity index (χ3v) is 3.11. The smallest absolute Gasteiger partial charge is 0.119 e. The van der Waals surface area contributed by atoms with E-state index in [2.05, 4.69) is 4.98 Å². The fourth-order valence-corrected chi connectivity index (χ4v) is 2.10. The van der Waals surface area contributed by atoms with Gasteiger partial charge in [-0.05, 0) is 6.07 Å². The van der Waals surface area contributed by atoms with Crippen LogP contribution in [0.1, 0.15) is 0 Å². The number of halogens is 1. The number of hydrogen-bond donors (Lipinski definition) is 1. The van der Waals surface area contributed by atoms with Crippen LogP contribution < -0.4 is 5.73 Å². The van der Waals surface area contributed by atoms with Crippen LogP contribution in [0.2, 0.25) is 5.02 Å². The Hall–Kier alpha value is -0.450. The second-order valence-corrected chi connectivity index (χ2v) is 4.55. The second kappa shape index (κ2) is 3.74. The third-order valence-electron chi connectivity index (χ3n) is 1.73. The van der Waals surface area contributed by atoms with E-state index in [0.717, 1.165) is 18.2 Å². The Morgan fingerprint density at radius 3 is 2.92 bits per heavy atom. The van der Waals surface area contributed by atoms with Crippen molar-refractivity contribution < 1.29 is 4.74 Å². The molecular weight excluding hydrogens is 208 g/mol. The number of pyridine rings is 1. The van der Waals surface area contributed by atoms with E-state index in [1.165, 1.54) is 0 Å². The molecule has 3 nitrogen and oxygen atoms in total. The lowest BCUT2D eigenvalue weighted by Crippen LogP contribution is -2.30. The van der Waals surface area contributed by atoms with Gasteiger partial charge in [0.1, 0.15) is 5.03 Å². The molecule has 0 unspecified atom stereocenters. The summed E-state index contributed by atoms with van der Waals surface area (Å²) in [6, 6.07) is 1.72. The molecule has 70 valence electrons. The Kier molecular flexibility index (Phi) is 2.62. The highest BCUT2D eigenvalue weighted by Crippen LogP contribution is 2.31.